The topological polar surface area (TPSA) is 63.6 Å². The predicted octanol–water partition coefficient (Wildman–Crippen LogP) is 3.41. The second kappa shape index (κ2) is 5.82. The molecule has 2 aliphatic rings. The van der Waals surface area contributed by atoms with E-state index in [2.05, 4.69) is 13.5 Å². The van der Waals surface area contributed by atoms with Gasteiger partial charge < -0.3 is 9.84 Å². The second-order valence-electron chi connectivity index (χ2n) is 7.17. The molecular weight excluding hydrogens is 268 g/mol. The number of ether oxygens (including phenoxy) is 1. The Kier molecular flexibility index (Phi) is 4.45. The summed E-state index contributed by atoms with van der Waals surface area (Å²) in [6, 6.07) is 0. The number of esters is 1. The third-order valence-corrected chi connectivity index (χ3v) is 5.57. The standard InChI is InChI=1S/C17H26O4/c1-10-7-14(21-12(3)18)9-17(4)6-5-13(8-15(10)17)11(2)16(19)20/h11,13-15H,1,5-9H2,2-4H3,(H,19,20)/t11-,13+,14-,15+,17-/m0/s1. The Hall–Kier alpha value is -1.32. The number of hydrogen-bond donors (Lipinski definition) is 1. The molecule has 0 amide bonds. The highest BCUT2D eigenvalue weighted by Gasteiger charge is 2.48. The summed E-state index contributed by atoms with van der Waals surface area (Å²) in [4.78, 5) is 22.4. The first-order chi connectivity index (χ1) is 9.73. The van der Waals surface area contributed by atoms with Gasteiger partial charge in [0.25, 0.3) is 0 Å². The molecule has 5 atom stereocenters. The highest BCUT2D eigenvalue weighted by atomic mass is 16.5. The van der Waals surface area contributed by atoms with Crippen LogP contribution in [0.3, 0.4) is 0 Å². The van der Waals surface area contributed by atoms with Crippen LogP contribution in [0.5, 0.6) is 0 Å². The number of carbonyl (C=O) groups excluding carboxylic acids is 1. The Morgan fingerprint density at radius 1 is 1.48 bits per heavy atom. The maximum Gasteiger partial charge on any atom is 0.306 e. The van der Waals surface area contributed by atoms with Gasteiger partial charge in [0, 0.05) is 13.3 Å². The lowest BCUT2D eigenvalue weighted by molar-refractivity contribution is -0.152. The van der Waals surface area contributed by atoms with E-state index in [1.165, 1.54) is 6.92 Å². The normalized spacial score (nSPS) is 37.5. The lowest BCUT2D eigenvalue weighted by Crippen LogP contribution is -2.44. The van der Waals surface area contributed by atoms with Crippen molar-refractivity contribution in [2.45, 2.75) is 59.0 Å². The zero-order chi connectivity index (χ0) is 15.8. The van der Waals surface area contributed by atoms with Crippen LogP contribution < -0.4 is 0 Å². The molecule has 0 unspecified atom stereocenters. The summed E-state index contributed by atoms with van der Waals surface area (Å²) < 4.78 is 5.39. The fraction of sp³-hybridized carbons (Fsp3) is 0.765. The third-order valence-electron chi connectivity index (χ3n) is 5.57. The van der Waals surface area contributed by atoms with Crippen LogP contribution in [0.1, 0.15) is 52.9 Å². The van der Waals surface area contributed by atoms with E-state index in [4.69, 9.17) is 4.74 Å². The highest BCUT2D eigenvalue weighted by Crippen LogP contribution is 2.54. The molecule has 0 aromatic heterocycles. The van der Waals surface area contributed by atoms with Crippen molar-refractivity contribution in [1.29, 1.82) is 0 Å². The van der Waals surface area contributed by atoms with Gasteiger partial charge in [-0.2, -0.15) is 0 Å². The summed E-state index contributed by atoms with van der Waals surface area (Å²) in [5.41, 5.74) is 1.21. The van der Waals surface area contributed by atoms with Gasteiger partial charge >= 0.3 is 11.9 Å². The van der Waals surface area contributed by atoms with Gasteiger partial charge in [0.05, 0.1) is 5.92 Å². The summed E-state index contributed by atoms with van der Waals surface area (Å²) in [5.74, 6) is -0.660. The minimum Gasteiger partial charge on any atom is -0.481 e. The lowest BCUT2D eigenvalue weighted by Gasteiger charge is -2.51. The van der Waals surface area contributed by atoms with Crippen molar-refractivity contribution < 1.29 is 19.4 Å². The Bertz CT molecular complexity index is 456. The Morgan fingerprint density at radius 2 is 2.14 bits per heavy atom. The summed E-state index contributed by atoms with van der Waals surface area (Å²) >= 11 is 0. The molecule has 0 radical (unpaired) electrons. The molecule has 1 N–H and O–H groups in total. The lowest BCUT2D eigenvalue weighted by atomic mass is 9.55. The van der Waals surface area contributed by atoms with E-state index < -0.39 is 5.97 Å². The second-order valence-corrected chi connectivity index (χ2v) is 7.17. The van der Waals surface area contributed by atoms with Crippen molar-refractivity contribution in [1.82, 2.24) is 0 Å². The van der Waals surface area contributed by atoms with E-state index in [1.54, 1.807) is 0 Å². The predicted molar refractivity (Wildman–Crippen MR) is 79.7 cm³/mol. The number of carboxylic acids is 1. The zero-order valence-corrected chi connectivity index (χ0v) is 13.2. The summed E-state index contributed by atoms with van der Waals surface area (Å²) in [7, 11) is 0. The molecule has 4 heteroatoms. The van der Waals surface area contributed by atoms with Crippen molar-refractivity contribution >= 4 is 11.9 Å². The van der Waals surface area contributed by atoms with Gasteiger partial charge in [-0.15, -0.1) is 0 Å². The van der Waals surface area contributed by atoms with E-state index in [0.29, 0.717) is 12.3 Å². The van der Waals surface area contributed by atoms with E-state index in [9.17, 15) is 14.7 Å². The molecule has 118 valence electrons. The third kappa shape index (κ3) is 3.30. The minimum atomic E-state index is -0.706. The van der Waals surface area contributed by atoms with Crippen molar-refractivity contribution in [2.75, 3.05) is 0 Å². The molecule has 0 heterocycles. The zero-order valence-electron chi connectivity index (χ0n) is 13.2. The van der Waals surface area contributed by atoms with Gasteiger partial charge in [0.2, 0.25) is 0 Å². The largest absolute Gasteiger partial charge is 0.481 e. The van der Waals surface area contributed by atoms with Gasteiger partial charge in [0.1, 0.15) is 6.10 Å². The molecule has 4 nitrogen and oxygen atoms in total. The molecule has 2 aliphatic carbocycles. The maximum absolute atomic E-state index is 11.2. The fourth-order valence-corrected chi connectivity index (χ4v) is 4.30. The number of aliphatic carboxylic acids is 1. The molecule has 2 rings (SSSR count). The molecule has 0 aromatic rings. The first-order valence-electron chi connectivity index (χ1n) is 7.80. The molecule has 2 saturated carbocycles. The molecule has 0 aliphatic heterocycles. The van der Waals surface area contributed by atoms with E-state index in [0.717, 1.165) is 31.3 Å². The van der Waals surface area contributed by atoms with Crippen molar-refractivity contribution in [3.05, 3.63) is 12.2 Å². The van der Waals surface area contributed by atoms with Gasteiger partial charge in [-0.1, -0.05) is 26.0 Å². The van der Waals surface area contributed by atoms with Crippen molar-refractivity contribution in [3.8, 4) is 0 Å². The van der Waals surface area contributed by atoms with Crippen LogP contribution in [-0.4, -0.2) is 23.1 Å². The molecular formula is C17H26O4. The molecule has 0 bridgehead atoms. The van der Waals surface area contributed by atoms with E-state index in [-0.39, 0.29) is 29.3 Å². The van der Waals surface area contributed by atoms with Gasteiger partial charge in [0.15, 0.2) is 0 Å². The number of fused-ring (bicyclic) bond motifs is 1. The van der Waals surface area contributed by atoms with Crippen LogP contribution in [0.4, 0.5) is 0 Å². The molecule has 21 heavy (non-hydrogen) atoms. The van der Waals surface area contributed by atoms with E-state index in [1.807, 2.05) is 6.92 Å². The minimum absolute atomic E-state index is 0.0651. The first kappa shape index (κ1) is 16.1. The molecule has 0 spiro atoms. The monoisotopic (exact) mass is 294 g/mol. The van der Waals surface area contributed by atoms with Gasteiger partial charge in [-0.25, -0.2) is 0 Å². The summed E-state index contributed by atoms with van der Waals surface area (Å²) in [5, 5.41) is 9.22. The Labute approximate surface area is 126 Å². The molecule has 0 aromatic carbocycles. The summed E-state index contributed by atoms with van der Waals surface area (Å²) in [6.07, 6.45) is 4.33. The molecule has 0 saturated heterocycles. The van der Waals surface area contributed by atoms with Crippen molar-refractivity contribution in [2.24, 2.45) is 23.2 Å². The van der Waals surface area contributed by atoms with Crippen molar-refractivity contribution in [3.63, 3.8) is 0 Å². The fourth-order valence-electron chi connectivity index (χ4n) is 4.30. The van der Waals surface area contributed by atoms with Crippen LogP contribution in [0.25, 0.3) is 0 Å². The Morgan fingerprint density at radius 3 is 2.71 bits per heavy atom. The van der Waals surface area contributed by atoms with Crippen LogP contribution in [0.2, 0.25) is 0 Å². The highest BCUT2D eigenvalue weighted by molar-refractivity contribution is 5.69. The van der Waals surface area contributed by atoms with Crippen LogP contribution >= 0.6 is 0 Å². The summed E-state index contributed by atoms with van der Waals surface area (Å²) in [6.45, 7) is 9.69. The Balaban J connectivity index is 2.10. The number of hydrogen-bond acceptors (Lipinski definition) is 3. The van der Waals surface area contributed by atoms with Gasteiger partial charge in [-0.3, -0.25) is 9.59 Å². The number of carbonyl (C=O) groups is 2. The average molecular weight is 294 g/mol. The quantitative estimate of drug-likeness (QED) is 0.640. The molecule has 2 fully saturated rings. The van der Waals surface area contributed by atoms with Crippen LogP contribution in [0.15, 0.2) is 12.2 Å². The van der Waals surface area contributed by atoms with Crippen LogP contribution in [0, 0.1) is 23.2 Å². The smallest absolute Gasteiger partial charge is 0.306 e. The van der Waals surface area contributed by atoms with Gasteiger partial charge in [-0.05, 0) is 42.9 Å². The average Bonchev–Trinajstić information content (AvgIpc) is 2.36. The number of rotatable bonds is 3. The SMILES string of the molecule is C=C1C[C@H](OC(C)=O)C[C@]2(C)CC[C@@H]([C@H](C)C(=O)O)C[C@H]12. The first-order valence-corrected chi connectivity index (χ1v) is 7.80. The number of carboxylic acid groups (broad SMARTS) is 1. The maximum atomic E-state index is 11.2. The van der Waals surface area contributed by atoms with E-state index >= 15 is 0 Å². The van der Waals surface area contributed by atoms with Crippen LogP contribution in [-0.2, 0) is 14.3 Å².